The number of anilines is 1. The van der Waals surface area contributed by atoms with Crippen molar-refractivity contribution in [2.75, 3.05) is 31.1 Å². The summed E-state index contributed by atoms with van der Waals surface area (Å²) in [5.41, 5.74) is 1.78. The van der Waals surface area contributed by atoms with Crippen LogP contribution in [0.2, 0.25) is 0 Å². The lowest BCUT2D eigenvalue weighted by Crippen LogP contribution is -2.62. The quantitative estimate of drug-likeness (QED) is 0.797. The maximum atomic E-state index is 13.1. The normalized spacial score (nSPS) is 22.4. The van der Waals surface area contributed by atoms with Gasteiger partial charge in [0.25, 0.3) is 0 Å². The zero-order valence-corrected chi connectivity index (χ0v) is 18.8. The predicted molar refractivity (Wildman–Crippen MR) is 123 cm³/mol. The van der Waals surface area contributed by atoms with Gasteiger partial charge in [0, 0.05) is 50.8 Å². The highest BCUT2D eigenvalue weighted by Gasteiger charge is 2.35. The Kier molecular flexibility index (Phi) is 6.86. The average Bonchev–Trinajstić information content (AvgIpc) is 2.80. The summed E-state index contributed by atoms with van der Waals surface area (Å²) >= 11 is 0. The molecule has 4 rings (SSSR count). The number of urea groups is 1. The van der Waals surface area contributed by atoms with Crippen LogP contribution in [0.1, 0.15) is 37.8 Å². The van der Waals surface area contributed by atoms with E-state index in [2.05, 4.69) is 63.2 Å². The van der Waals surface area contributed by atoms with E-state index in [1.807, 2.05) is 17.0 Å². The number of nitrogens with one attached hydrogen (secondary N) is 1. The topological polar surface area (TPSA) is 88.4 Å². The minimum Gasteiger partial charge on any atom is -0.337 e. The van der Waals surface area contributed by atoms with Crippen molar-refractivity contribution in [1.29, 1.82) is 5.26 Å². The SMILES string of the molecule is C[C@@H]1CN(c2ncc(C#N)cn2)C[C@@H](C)N1C(=O)NC1CCN(Cc2ccccc2)CC1. The standard InChI is InChI=1S/C24H31N7O/c1-18-15-30(23-26-13-21(12-25)14-27-23)16-19(2)31(18)24(32)28-22-8-10-29(11-9-22)17-20-6-4-3-5-7-20/h3-7,13-14,18-19,22H,8-11,15-17H2,1-2H3,(H,28,32)/t18-,19-/m1/s1. The van der Waals surface area contributed by atoms with Crippen LogP contribution in [0.25, 0.3) is 0 Å². The number of carbonyl (C=O) groups is 1. The van der Waals surface area contributed by atoms with Gasteiger partial charge < -0.3 is 15.1 Å². The molecule has 0 saturated carbocycles. The van der Waals surface area contributed by atoms with Crippen LogP contribution in [0.3, 0.4) is 0 Å². The van der Waals surface area contributed by atoms with E-state index < -0.39 is 0 Å². The molecule has 2 aliphatic heterocycles. The lowest BCUT2D eigenvalue weighted by Gasteiger charge is -2.45. The number of benzene rings is 1. The van der Waals surface area contributed by atoms with Crippen LogP contribution in [-0.2, 0) is 6.54 Å². The largest absolute Gasteiger partial charge is 0.337 e. The summed E-state index contributed by atoms with van der Waals surface area (Å²) in [5.74, 6) is 0.605. The first kappa shape index (κ1) is 22.0. The summed E-state index contributed by atoms with van der Waals surface area (Å²) in [6.45, 7) is 8.42. The summed E-state index contributed by atoms with van der Waals surface area (Å²) in [6.07, 6.45) is 5.03. The van der Waals surface area contributed by atoms with Crippen molar-refractivity contribution in [3.63, 3.8) is 0 Å². The first-order valence-electron chi connectivity index (χ1n) is 11.4. The van der Waals surface area contributed by atoms with E-state index in [9.17, 15) is 4.79 Å². The lowest BCUT2D eigenvalue weighted by atomic mass is 10.0. The summed E-state index contributed by atoms with van der Waals surface area (Å²) in [7, 11) is 0. The number of amides is 2. The molecule has 2 aromatic rings. The van der Waals surface area contributed by atoms with Gasteiger partial charge in [-0.25, -0.2) is 14.8 Å². The molecule has 1 aromatic heterocycles. The fraction of sp³-hybridized carbons (Fsp3) is 0.500. The van der Waals surface area contributed by atoms with Crippen molar-refractivity contribution in [3.8, 4) is 6.07 Å². The van der Waals surface area contributed by atoms with E-state index in [-0.39, 0.29) is 24.2 Å². The highest BCUT2D eigenvalue weighted by atomic mass is 16.2. The van der Waals surface area contributed by atoms with Crippen LogP contribution >= 0.6 is 0 Å². The number of likely N-dealkylation sites (tertiary alicyclic amines) is 1. The average molecular weight is 434 g/mol. The van der Waals surface area contributed by atoms with Gasteiger partial charge in [0.2, 0.25) is 5.95 Å². The highest BCUT2D eigenvalue weighted by molar-refractivity contribution is 5.75. The van der Waals surface area contributed by atoms with Crippen LogP contribution in [0.4, 0.5) is 10.7 Å². The molecule has 0 bridgehead atoms. The monoisotopic (exact) mass is 433 g/mol. The Morgan fingerprint density at radius 1 is 1.09 bits per heavy atom. The third-order valence-corrected chi connectivity index (χ3v) is 6.37. The van der Waals surface area contributed by atoms with Gasteiger partial charge in [0.1, 0.15) is 6.07 Å². The molecule has 0 unspecified atom stereocenters. The van der Waals surface area contributed by atoms with Crippen molar-refractivity contribution in [1.82, 2.24) is 25.1 Å². The van der Waals surface area contributed by atoms with E-state index in [0.717, 1.165) is 32.5 Å². The third-order valence-electron chi connectivity index (χ3n) is 6.37. The van der Waals surface area contributed by atoms with Crippen molar-refractivity contribution in [2.45, 2.75) is 51.4 Å². The molecule has 8 heteroatoms. The van der Waals surface area contributed by atoms with Crippen LogP contribution in [-0.4, -0.2) is 70.1 Å². The smallest absolute Gasteiger partial charge is 0.318 e. The zero-order valence-electron chi connectivity index (χ0n) is 18.8. The fourth-order valence-electron chi connectivity index (χ4n) is 4.75. The van der Waals surface area contributed by atoms with E-state index in [1.54, 1.807) is 12.4 Å². The molecule has 2 atom stereocenters. The molecule has 168 valence electrons. The molecule has 3 heterocycles. The van der Waals surface area contributed by atoms with Crippen molar-refractivity contribution in [3.05, 3.63) is 53.9 Å². The number of nitriles is 1. The maximum Gasteiger partial charge on any atom is 0.318 e. The van der Waals surface area contributed by atoms with Crippen LogP contribution in [0.15, 0.2) is 42.7 Å². The van der Waals surface area contributed by atoms with Gasteiger partial charge in [-0.3, -0.25) is 4.90 Å². The number of aromatic nitrogens is 2. The summed E-state index contributed by atoms with van der Waals surface area (Å²) in [4.78, 5) is 28.2. The Morgan fingerprint density at radius 2 is 1.72 bits per heavy atom. The van der Waals surface area contributed by atoms with Gasteiger partial charge >= 0.3 is 6.03 Å². The first-order chi connectivity index (χ1) is 15.5. The van der Waals surface area contributed by atoms with E-state index >= 15 is 0 Å². The summed E-state index contributed by atoms with van der Waals surface area (Å²) in [6, 6.07) is 12.9. The number of rotatable bonds is 4. The van der Waals surface area contributed by atoms with E-state index in [1.165, 1.54) is 5.56 Å². The molecule has 0 spiro atoms. The molecule has 32 heavy (non-hydrogen) atoms. The Bertz CT molecular complexity index is 923. The number of hydrogen-bond acceptors (Lipinski definition) is 6. The molecule has 0 radical (unpaired) electrons. The van der Waals surface area contributed by atoms with Gasteiger partial charge in [-0.1, -0.05) is 30.3 Å². The first-order valence-corrected chi connectivity index (χ1v) is 11.4. The minimum absolute atomic E-state index is 0.0203. The van der Waals surface area contributed by atoms with Gasteiger partial charge in [-0.2, -0.15) is 5.26 Å². The van der Waals surface area contributed by atoms with Crippen molar-refractivity contribution < 1.29 is 4.79 Å². The van der Waals surface area contributed by atoms with Gasteiger partial charge in [0.05, 0.1) is 18.0 Å². The van der Waals surface area contributed by atoms with Crippen molar-refractivity contribution >= 4 is 12.0 Å². The molecule has 2 saturated heterocycles. The molecular weight excluding hydrogens is 402 g/mol. The van der Waals surface area contributed by atoms with E-state index in [0.29, 0.717) is 24.6 Å². The summed E-state index contributed by atoms with van der Waals surface area (Å²) in [5, 5.41) is 12.2. The van der Waals surface area contributed by atoms with Gasteiger partial charge in [-0.05, 0) is 32.3 Å². The lowest BCUT2D eigenvalue weighted by molar-refractivity contribution is 0.130. The predicted octanol–water partition coefficient (Wildman–Crippen LogP) is 2.62. The molecule has 1 aromatic carbocycles. The number of hydrogen-bond donors (Lipinski definition) is 1. The van der Waals surface area contributed by atoms with Gasteiger partial charge in [0.15, 0.2) is 0 Å². The molecule has 2 fully saturated rings. The molecule has 2 aliphatic rings. The fourth-order valence-corrected chi connectivity index (χ4v) is 4.75. The van der Waals surface area contributed by atoms with Crippen LogP contribution in [0.5, 0.6) is 0 Å². The van der Waals surface area contributed by atoms with E-state index in [4.69, 9.17) is 5.26 Å². The second-order valence-electron chi connectivity index (χ2n) is 8.88. The maximum absolute atomic E-state index is 13.1. The number of piperidine rings is 1. The van der Waals surface area contributed by atoms with Crippen LogP contribution < -0.4 is 10.2 Å². The Labute approximate surface area is 189 Å². The summed E-state index contributed by atoms with van der Waals surface area (Å²) < 4.78 is 0. The zero-order chi connectivity index (χ0) is 22.5. The third kappa shape index (κ3) is 5.17. The van der Waals surface area contributed by atoms with Crippen LogP contribution in [0, 0.1) is 11.3 Å². The second kappa shape index (κ2) is 9.96. The molecule has 1 N–H and O–H groups in total. The van der Waals surface area contributed by atoms with Gasteiger partial charge in [-0.15, -0.1) is 0 Å². The number of nitrogens with zero attached hydrogens (tertiary/aromatic N) is 6. The molecular formula is C24H31N7O. The minimum atomic E-state index is 0.0203. The molecule has 0 aliphatic carbocycles. The second-order valence-corrected chi connectivity index (χ2v) is 8.88. The Morgan fingerprint density at radius 3 is 2.31 bits per heavy atom. The highest BCUT2D eigenvalue weighted by Crippen LogP contribution is 2.21. The Hall–Kier alpha value is -3.18. The van der Waals surface area contributed by atoms with Crippen molar-refractivity contribution in [2.24, 2.45) is 0 Å². The number of piperazine rings is 1. The molecule has 8 nitrogen and oxygen atoms in total. The molecule has 2 amide bonds. The number of carbonyl (C=O) groups excluding carboxylic acids is 1. The Balaban J connectivity index is 1.28.